The van der Waals surface area contributed by atoms with Gasteiger partial charge in [0.15, 0.2) is 0 Å². The molecule has 1 aromatic rings. The van der Waals surface area contributed by atoms with Crippen LogP contribution in [0, 0.1) is 5.82 Å². The second-order valence-corrected chi connectivity index (χ2v) is 4.04. The normalized spacial score (nSPS) is 21.4. The molecule has 3 heteroatoms. The summed E-state index contributed by atoms with van der Waals surface area (Å²) < 4.78 is 12.6. The molecule has 1 aliphatic carbocycles. The van der Waals surface area contributed by atoms with Crippen LogP contribution in [0.3, 0.4) is 0 Å². The van der Waals surface area contributed by atoms with E-state index in [0.717, 1.165) is 19.3 Å². The van der Waals surface area contributed by atoms with E-state index in [1.165, 1.54) is 12.1 Å². The number of hydrogen-bond acceptors (Lipinski definition) is 2. The third-order valence-corrected chi connectivity index (χ3v) is 3.01. The van der Waals surface area contributed by atoms with Crippen molar-refractivity contribution in [2.24, 2.45) is 5.73 Å². The summed E-state index contributed by atoms with van der Waals surface area (Å²) in [6, 6.07) is 5.88. The molecule has 0 amide bonds. The van der Waals surface area contributed by atoms with E-state index in [2.05, 4.69) is 0 Å². The van der Waals surface area contributed by atoms with Crippen LogP contribution in [0.15, 0.2) is 24.3 Å². The molecule has 0 bridgehead atoms. The molecule has 2 nitrogen and oxygen atoms in total. The number of rotatable bonds is 2. The Morgan fingerprint density at radius 2 is 1.86 bits per heavy atom. The Morgan fingerprint density at radius 1 is 1.29 bits per heavy atom. The first kappa shape index (κ1) is 9.62. The number of nitrogens with two attached hydrogens (primary N) is 1. The molecule has 0 aromatic heterocycles. The monoisotopic (exact) mass is 195 g/mol. The van der Waals surface area contributed by atoms with Crippen LogP contribution >= 0.6 is 0 Å². The van der Waals surface area contributed by atoms with Crippen LogP contribution < -0.4 is 5.73 Å². The number of aliphatic hydroxyl groups is 1. The van der Waals surface area contributed by atoms with Crippen LogP contribution in [0.25, 0.3) is 0 Å². The predicted octanol–water partition coefficient (Wildman–Crippen LogP) is 1.74. The quantitative estimate of drug-likeness (QED) is 0.755. The van der Waals surface area contributed by atoms with Crippen LogP contribution in [-0.4, -0.2) is 10.6 Å². The minimum Gasteiger partial charge on any atom is -0.386 e. The fourth-order valence-electron chi connectivity index (χ4n) is 1.84. The van der Waals surface area contributed by atoms with Gasteiger partial charge in [0.2, 0.25) is 0 Å². The molecule has 0 heterocycles. The van der Waals surface area contributed by atoms with Gasteiger partial charge in [-0.25, -0.2) is 4.39 Å². The van der Waals surface area contributed by atoms with Crippen molar-refractivity contribution in [3.8, 4) is 0 Å². The van der Waals surface area contributed by atoms with Crippen molar-refractivity contribution >= 4 is 0 Å². The van der Waals surface area contributed by atoms with Gasteiger partial charge in [-0.1, -0.05) is 12.1 Å². The number of benzene rings is 1. The summed E-state index contributed by atoms with van der Waals surface area (Å²) in [5, 5.41) is 9.94. The summed E-state index contributed by atoms with van der Waals surface area (Å²) in [4.78, 5) is 0. The first-order valence-corrected chi connectivity index (χ1v) is 4.84. The van der Waals surface area contributed by atoms with E-state index in [9.17, 15) is 9.50 Å². The molecule has 3 N–H and O–H groups in total. The first-order valence-electron chi connectivity index (χ1n) is 4.84. The fraction of sp³-hybridized carbons (Fsp3) is 0.455. The molecular weight excluding hydrogens is 181 g/mol. The summed E-state index contributed by atoms with van der Waals surface area (Å²) in [6.07, 6.45) is 2.07. The van der Waals surface area contributed by atoms with Gasteiger partial charge in [0.25, 0.3) is 0 Å². The second-order valence-electron chi connectivity index (χ2n) is 4.04. The molecule has 0 spiro atoms. The average Bonchev–Trinajstić information content (AvgIpc) is 2.14. The van der Waals surface area contributed by atoms with E-state index in [0.29, 0.717) is 5.56 Å². The van der Waals surface area contributed by atoms with Crippen molar-refractivity contribution in [1.29, 1.82) is 0 Å². The molecule has 0 radical (unpaired) electrons. The zero-order valence-corrected chi connectivity index (χ0v) is 7.91. The standard InChI is InChI=1S/C11H14FNO/c12-9-4-2-8(3-5-9)10(14)11(13)6-1-7-11/h2-5,10,14H,1,6-7,13H2. The fourth-order valence-corrected chi connectivity index (χ4v) is 1.84. The molecular formula is C11H14FNO. The molecule has 0 saturated heterocycles. The smallest absolute Gasteiger partial charge is 0.123 e. The van der Waals surface area contributed by atoms with Crippen molar-refractivity contribution < 1.29 is 9.50 Å². The highest BCUT2D eigenvalue weighted by atomic mass is 19.1. The van der Waals surface area contributed by atoms with E-state index in [1.54, 1.807) is 12.1 Å². The van der Waals surface area contributed by atoms with Crippen LogP contribution in [-0.2, 0) is 0 Å². The summed E-state index contributed by atoms with van der Waals surface area (Å²) in [5.74, 6) is -0.291. The Bertz CT molecular complexity index is 319. The molecule has 14 heavy (non-hydrogen) atoms. The van der Waals surface area contributed by atoms with Crippen molar-refractivity contribution in [2.45, 2.75) is 30.9 Å². The summed E-state index contributed by atoms with van der Waals surface area (Å²) in [5.41, 5.74) is 6.19. The Labute approximate surface area is 82.5 Å². The number of aliphatic hydroxyl groups excluding tert-OH is 1. The SMILES string of the molecule is NC1(C(O)c2ccc(F)cc2)CCC1. The average molecular weight is 195 g/mol. The molecule has 1 saturated carbocycles. The Hall–Kier alpha value is -0.930. The van der Waals surface area contributed by atoms with E-state index < -0.39 is 11.6 Å². The maximum atomic E-state index is 12.6. The zero-order chi connectivity index (χ0) is 10.2. The summed E-state index contributed by atoms with van der Waals surface area (Å²) in [7, 11) is 0. The third-order valence-electron chi connectivity index (χ3n) is 3.01. The third kappa shape index (κ3) is 1.53. The number of hydrogen-bond donors (Lipinski definition) is 2. The van der Waals surface area contributed by atoms with Gasteiger partial charge in [0.1, 0.15) is 5.82 Å². The highest BCUT2D eigenvalue weighted by Gasteiger charge is 2.40. The van der Waals surface area contributed by atoms with Crippen LogP contribution in [0.1, 0.15) is 30.9 Å². The Kier molecular flexibility index (Phi) is 2.29. The van der Waals surface area contributed by atoms with E-state index in [-0.39, 0.29) is 5.82 Å². The Balaban J connectivity index is 2.18. The number of halogens is 1. The van der Waals surface area contributed by atoms with Crippen LogP contribution in [0.4, 0.5) is 4.39 Å². The lowest BCUT2D eigenvalue weighted by molar-refractivity contribution is 0.0337. The van der Waals surface area contributed by atoms with Gasteiger partial charge >= 0.3 is 0 Å². The molecule has 1 aliphatic rings. The summed E-state index contributed by atoms with van der Waals surface area (Å²) >= 11 is 0. The van der Waals surface area contributed by atoms with E-state index >= 15 is 0 Å². The molecule has 2 rings (SSSR count). The van der Waals surface area contributed by atoms with Crippen molar-refractivity contribution in [3.05, 3.63) is 35.6 Å². The second kappa shape index (κ2) is 3.33. The van der Waals surface area contributed by atoms with Crippen molar-refractivity contribution in [2.75, 3.05) is 0 Å². The van der Waals surface area contributed by atoms with E-state index in [4.69, 9.17) is 5.73 Å². The molecule has 1 unspecified atom stereocenters. The highest BCUT2D eigenvalue weighted by molar-refractivity contribution is 5.23. The maximum Gasteiger partial charge on any atom is 0.123 e. The zero-order valence-electron chi connectivity index (χ0n) is 7.91. The van der Waals surface area contributed by atoms with Crippen LogP contribution in [0.2, 0.25) is 0 Å². The van der Waals surface area contributed by atoms with Gasteiger partial charge < -0.3 is 10.8 Å². The largest absolute Gasteiger partial charge is 0.386 e. The lowest BCUT2D eigenvalue weighted by Gasteiger charge is -2.42. The van der Waals surface area contributed by atoms with Gasteiger partial charge in [-0.05, 0) is 37.0 Å². The van der Waals surface area contributed by atoms with Crippen LogP contribution in [0.5, 0.6) is 0 Å². The predicted molar refractivity (Wildman–Crippen MR) is 52.1 cm³/mol. The topological polar surface area (TPSA) is 46.2 Å². The van der Waals surface area contributed by atoms with Gasteiger partial charge in [0.05, 0.1) is 6.10 Å². The molecule has 1 aromatic carbocycles. The molecule has 76 valence electrons. The minimum absolute atomic E-state index is 0.291. The lowest BCUT2D eigenvalue weighted by Crippen LogP contribution is -2.51. The maximum absolute atomic E-state index is 12.6. The van der Waals surface area contributed by atoms with E-state index in [1.807, 2.05) is 0 Å². The molecule has 1 fully saturated rings. The van der Waals surface area contributed by atoms with Gasteiger partial charge in [-0.15, -0.1) is 0 Å². The van der Waals surface area contributed by atoms with Gasteiger partial charge in [-0.3, -0.25) is 0 Å². The van der Waals surface area contributed by atoms with Crippen molar-refractivity contribution in [1.82, 2.24) is 0 Å². The molecule has 1 atom stereocenters. The van der Waals surface area contributed by atoms with Gasteiger partial charge in [0, 0.05) is 5.54 Å². The Morgan fingerprint density at radius 3 is 2.29 bits per heavy atom. The van der Waals surface area contributed by atoms with Crippen molar-refractivity contribution in [3.63, 3.8) is 0 Å². The highest BCUT2D eigenvalue weighted by Crippen LogP contribution is 2.39. The van der Waals surface area contributed by atoms with Gasteiger partial charge in [-0.2, -0.15) is 0 Å². The molecule has 0 aliphatic heterocycles. The summed E-state index contributed by atoms with van der Waals surface area (Å²) in [6.45, 7) is 0. The minimum atomic E-state index is -0.670. The first-order chi connectivity index (χ1) is 6.62. The lowest BCUT2D eigenvalue weighted by atomic mass is 9.72.